The maximum Gasteiger partial charge on any atom is 0.372 e. The van der Waals surface area contributed by atoms with Gasteiger partial charge >= 0.3 is 5.97 Å². The number of carbonyl (C=O) groups excluding carboxylic acids is 1. The van der Waals surface area contributed by atoms with Crippen molar-refractivity contribution in [2.24, 2.45) is 0 Å². The number of carbonyl (C=O) groups is 2. The quantitative estimate of drug-likeness (QED) is 0.821. The zero-order valence-corrected chi connectivity index (χ0v) is 8.24. The summed E-state index contributed by atoms with van der Waals surface area (Å²) < 4.78 is 0.754. The molecule has 0 unspecified atom stereocenters. The molecule has 0 spiro atoms. The fourth-order valence-electron chi connectivity index (χ4n) is 0.890. The Kier molecular flexibility index (Phi) is 3.19. The van der Waals surface area contributed by atoms with Crippen molar-refractivity contribution in [3.8, 4) is 0 Å². The predicted octanol–water partition coefficient (Wildman–Crippen LogP) is 1.65. The molecule has 0 saturated carbocycles. The fraction of sp³-hybridized carbons (Fsp3) is 0.111. The van der Waals surface area contributed by atoms with E-state index in [1.165, 1.54) is 0 Å². The predicted molar refractivity (Wildman–Crippen MR) is 50.5 cm³/mol. The number of ketones is 1. The summed E-state index contributed by atoms with van der Waals surface area (Å²) in [5.74, 6) is -2.19. The van der Waals surface area contributed by atoms with Gasteiger partial charge in [0.1, 0.15) is 0 Å². The van der Waals surface area contributed by atoms with Crippen LogP contribution in [0.5, 0.6) is 0 Å². The highest BCUT2D eigenvalue weighted by atomic mass is 79.9. The number of hydrogen-bond acceptors (Lipinski definition) is 2. The molecule has 0 radical (unpaired) electrons. The summed E-state index contributed by atoms with van der Waals surface area (Å²) in [7, 11) is 0. The first kappa shape index (κ1) is 9.92. The molecule has 0 heterocycles. The van der Waals surface area contributed by atoms with Gasteiger partial charge in [0.25, 0.3) is 0 Å². The summed E-state index contributed by atoms with van der Waals surface area (Å²) in [5.41, 5.74) is 0.690. The van der Waals surface area contributed by atoms with Crippen molar-refractivity contribution < 1.29 is 14.7 Å². The van der Waals surface area contributed by atoms with Crippen LogP contribution in [0.4, 0.5) is 0 Å². The fourth-order valence-corrected chi connectivity index (χ4v) is 1.32. The van der Waals surface area contributed by atoms with E-state index in [-0.39, 0.29) is 6.42 Å². The lowest BCUT2D eigenvalue weighted by molar-refractivity contribution is -0.148. The first-order chi connectivity index (χ1) is 6.11. The second-order valence-electron chi connectivity index (χ2n) is 2.50. The van der Waals surface area contributed by atoms with Gasteiger partial charge in [-0.3, -0.25) is 4.79 Å². The lowest BCUT2D eigenvalue weighted by atomic mass is 10.1. The van der Waals surface area contributed by atoms with Crippen molar-refractivity contribution in [2.45, 2.75) is 6.42 Å². The Labute approximate surface area is 83.5 Å². The van der Waals surface area contributed by atoms with Crippen LogP contribution >= 0.6 is 15.9 Å². The van der Waals surface area contributed by atoms with Crippen LogP contribution in [0.15, 0.2) is 28.7 Å². The lowest BCUT2D eigenvalue weighted by Gasteiger charge is -1.99. The van der Waals surface area contributed by atoms with E-state index >= 15 is 0 Å². The van der Waals surface area contributed by atoms with Crippen molar-refractivity contribution in [1.29, 1.82) is 0 Å². The first-order valence-corrected chi connectivity index (χ1v) is 4.40. The summed E-state index contributed by atoms with van der Waals surface area (Å²) in [4.78, 5) is 21.1. The molecular formula is C9H7BrO3. The van der Waals surface area contributed by atoms with Gasteiger partial charge in [0.05, 0.1) is 0 Å². The number of halogens is 1. The van der Waals surface area contributed by atoms with Crippen molar-refractivity contribution in [3.05, 3.63) is 34.3 Å². The summed E-state index contributed by atoms with van der Waals surface area (Å²) in [5, 5.41) is 8.37. The van der Waals surface area contributed by atoms with Crippen LogP contribution in [0.25, 0.3) is 0 Å². The van der Waals surface area contributed by atoms with E-state index in [1.807, 2.05) is 0 Å². The Morgan fingerprint density at radius 3 is 2.46 bits per heavy atom. The topological polar surface area (TPSA) is 54.4 Å². The van der Waals surface area contributed by atoms with Gasteiger partial charge in [-0.05, 0) is 11.6 Å². The highest BCUT2D eigenvalue weighted by Gasteiger charge is 2.13. The smallest absolute Gasteiger partial charge is 0.372 e. The maximum atomic E-state index is 10.8. The number of carboxylic acids is 1. The average molecular weight is 243 g/mol. The standard InChI is InChI=1S/C9H7BrO3/c10-7-4-2-1-3-6(7)5-8(11)9(12)13/h1-4H,5H2,(H,12,13). The molecule has 0 fully saturated rings. The Morgan fingerprint density at radius 1 is 1.31 bits per heavy atom. The van der Waals surface area contributed by atoms with Gasteiger partial charge in [0.2, 0.25) is 5.78 Å². The average Bonchev–Trinajstić information content (AvgIpc) is 2.08. The van der Waals surface area contributed by atoms with Crippen LogP contribution in [0.1, 0.15) is 5.56 Å². The molecule has 0 saturated heterocycles. The minimum absolute atomic E-state index is 0.0727. The molecule has 0 aliphatic rings. The van der Waals surface area contributed by atoms with E-state index in [9.17, 15) is 9.59 Å². The zero-order valence-electron chi connectivity index (χ0n) is 6.66. The van der Waals surface area contributed by atoms with Crippen LogP contribution in [0.3, 0.4) is 0 Å². The molecule has 0 aliphatic carbocycles. The summed E-state index contributed by atoms with van der Waals surface area (Å²) in [6.07, 6.45) is -0.0727. The van der Waals surface area contributed by atoms with Gasteiger partial charge in [0.15, 0.2) is 0 Å². The third kappa shape index (κ3) is 2.66. The SMILES string of the molecule is O=C(O)C(=O)Cc1ccccc1Br. The molecule has 3 nitrogen and oxygen atoms in total. The second-order valence-corrected chi connectivity index (χ2v) is 3.35. The third-order valence-corrected chi connectivity index (χ3v) is 2.32. The molecule has 0 atom stereocenters. The van der Waals surface area contributed by atoms with Gasteiger partial charge in [-0.15, -0.1) is 0 Å². The number of benzene rings is 1. The number of aliphatic carboxylic acids is 1. The van der Waals surface area contributed by atoms with Gasteiger partial charge in [0, 0.05) is 10.9 Å². The van der Waals surface area contributed by atoms with Crippen LogP contribution in [-0.2, 0) is 16.0 Å². The zero-order chi connectivity index (χ0) is 9.84. The molecule has 1 N–H and O–H groups in total. The molecule has 0 aliphatic heterocycles. The third-order valence-electron chi connectivity index (χ3n) is 1.55. The molecule has 1 rings (SSSR count). The van der Waals surface area contributed by atoms with Crippen LogP contribution < -0.4 is 0 Å². The monoisotopic (exact) mass is 242 g/mol. The summed E-state index contributed by atoms with van der Waals surface area (Å²) in [6, 6.07) is 7.05. The number of rotatable bonds is 3. The second kappa shape index (κ2) is 4.18. The Hall–Kier alpha value is -1.16. The molecule has 1 aromatic carbocycles. The van der Waals surface area contributed by atoms with E-state index in [0.29, 0.717) is 5.56 Å². The minimum atomic E-state index is -1.39. The van der Waals surface area contributed by atoms with E-state index in [1.54, 1.807) is 24.3 Å². The van der Waals surface area contributed by atoms with E-state index in [2.05, 4.69) is 15.9 Å². The van der Waals surface area contributed by atoms with E-state index < -0.39 is 11.8 Å². The van der Waals surface area contributed by atoms with Gasteiger partial charge in [-0.2, -0.15) is 0 Å². The number of carboxylic acid groups (broad SMARTS) is 1. The number of Topliss-reactive ketones (excluding diaryl/α,β-unsaturated/α-hetero) is 1. The molecule has 13 heavy (non-hydrogen) atoms. The largest absolute Gasteiger partial charge is 0.475 e. The summed E-state index contributed by atoms with van der Waals surface area (Å²) in [6.45, 7) is 0. The van der Waals surface area contributed by atoms with Crippen molar-refractivity contribution in [2.75, 3.05) is 0 Å². The molecule has 68 valence electrons. The highest BCUT2D eigenvalue weighted by molar-refractivity contribution is 9.10. The lowest BCUT2D eigenvalue weighted by Crippen LogP contribution is -2.15. The molecule has 0 amide bonds. The highest BCUT2D eigenvalue weighted by Crippen LogP contribution is 2.16. The first-order valence-electron chi connectivity index (χ1n) is 3.61. The van der Waals surface area contributed by atoms with Crippen molar-refractivity contribution in [3.63, 3.8) is 0 Å². The molecule has 4 heteroatoms. The van der Waals surface area contributed by atoms with Crippen LogP contribution in [0.2, 0.25) is 0 Å². The van der Waals surface area contributed by atoms with E-state index in [4.69, 9.17) is 5.11 Å². The molecular weight excluding hydrogens is 236 g/mol. The van der Waals surface area contributed by atoms with Crippen LogP contribution in [0, 0.1) is 0 Å². The molecule has 0 bridgehead atoms. The Morgan fingerprint density at radius 2 is 1.92 bits per heavy atom. The Balaban J connectivity index is 2.81. The molecule has 1 aromatic rings. The van der Waals surface area contributed by atoms with Gasteiger partial charge < -0.3 is 5.11 Å². The van der Waals surface area contributed by atoms with Crippen LogP contribution in [-0.4, -0.2) is 16.9 Å². The minimum Gasteiger partial charge on any atom is -0.475 e. The van der Waals surface area contributed by atoms with E-state index in [0.717, 1.165) is 4.47 Å². The molecule has 0 aromatic heterocycles. The number of hydrogen-bond donors (Lipinski definition) is 1. The maximum absolute atomic E-state index is 10.8. The normalized spacial score (nSPS) is 9.62. The summed E-state index contributed by atoms with van der Waals surface area (Å²) >= 11 is 3.23. The van der Waals surface area contributed by atoms with Crippen molar-refractivity contribution >= 4 is 27.7 Å². The van der Waals surface area contributed by atoms with Crippen molar-refractivity contribution in [1.82, 2.24) is 0 Å². The Bertz CT molecular complexity index is 346. The van der Waals surface area contributed by atoms with Gasteiger partial charge in [-0.25, -0.2) is 4.79 Å². The van der Waals surface area contributed by atoms with Gasteiger partial charge in [-0.1, -0.05) is 34.1 Å².